The molecule has 17 nitrogen and oxygen atoms in total. The first-order valence-electron chi connectivity index (χ1n) is 46.0. The zero-order valence-electron chi connectivity index (χ0n) is 71.3. The van der Waals surface area contributed by atoms with E-state index in [0.29, 0.717) is 25.7 Å². The summed E-state index contributed by atoms with van der Waals surface area (Å²) in [5.41, 5.74) is 0. The third kappa shape index (κ3) is 78.0. The van der Waals surface area contributed by atoms with Crippen molar-refractivity contribution in [1.29, 1.82) is 0 Å². The third-order valence-electron chi connectivity index (χ3n) is 22.0. The third-order valence-corrected chi connectivity index (χ3v) is 23.9. The van der Waals surface area contributed by atoms with Crippen molar-refractivity contribution in [1.82, 2.24) is 0 Å². The zero-order chi connectivity index (χ0) is 79.3. The van der Waals surface area contributed by atoms with Crippen LogP contribution in [0.1, 0.15) is 472 Å². The van der Waals surface area contributed by atoms with Gasteiger partial charge in [0.05, 0.1) is 26.4 Å². The molecular weight excluding hydrogens is 1400 g/mol. The fourth-order valence-corrected chi connectivity index (χ4v) is 15.4. The van der Waals surface area contributed by atoms with Crippen molar-refractivity contribution in [3.8, 4) is 0 Å². The first-order valence-corrected chi connectivity index (χ1v) is 49.0. The molecule has 0 fully saturated rings. The minimum Gasteiger partial charge on any atom is -0.462 e. The summed E-state index contributed by atoms with van der Waals surface area (Å²) in [5, 5.41) is 10.7. The van der Waals surface area contributed by atoms with Crippen molar-refractivity contribution in [2.75, 3.05) is 39.6 Å². The van der Waals surface area contributed by atoms with E-state index in [4.69, 9.17) is 37.0 Å². The quantitative estimate of drug-likeness (QED) is 0.0222. The summed E-state index contributed by atoms with van der Waals surface area (Å²) in [6.45, 7) is 12.0. The smallest absolute Gasteiger partial charge is 0.462 e. The van der Waals surface area contributed by atoms with Gasteiger partial charge in [-0.2, -0.15) is 0 Å². The van der Waals surface area contributed by atoms with Gasteiger partial charge in [-0.3, -0.25) is 37.3 Å². The summed E-state index contributed by atoms with van der Waals surface area (Å²) < 4.78 is 69.0. The SMILES string of the molecule is CCCCCCCCCCCCCCCCCCCCCCCCC(=O)OC[C@H](COP(=O)(O)OC[C@@H](O)COP(=O)(O)OC[C@@H](COC(=O)CCCCCCCCCCC(C)CC)OC(=O)CCCCCCCCCCC(C)CC)OC(=O)CCCCCCCCCCCCCCCCCCCCC(C)CC. The molecule has 5 unspecified atom stereocenters. The van der Waals surface area contributed by atoms with Gasteiger partial charge in [-0.1, -0.05) is 421 Å². The molecule has 0 saturated heterocycles. The van der Waals surface area contributed by atoms with E-state index < -0.39 is 97.5 Å². The van der Waals surface area contributed by atoms with E-state index in [2.05, 4.69) is 48.5 Å². The molecule has 8 atom stereocenters. The molecule has 19 heteroatoms. The van der Waals surface area contributed by atoms with Gasteiger partial charge < -0.3 is 33.8 Å². The van der Waals surface area contributed by atoms with Crippen LogP contribution in [0.4, 0.5) is 0 Å². The summed E-state index contributed by atoms with van der Waals surface area (Å²) in [7, 11) is -9.93. The van der Waals surface area contributed by atoms with Crippen LogP contribution in [0.5, 0.6) is 0 Å². The highest BCUT2D eigenvalue weighted by molar-refractivity contribution is 7.47. The van der Waals surface area contributed by atoms with Crippen molar-refractivity contribution in [2.24, 2.45) is 17.8 Å². The Kier molecular flexibility index (Phi) is 77.5. The molecule has 3 N–H and O–H groups in total. The molecule has 0 aliphatic carbocycles. The molecule has 108 heavy (non-hydrogen) atoms. The number of ether oxygens (including phenoxy) is 4. The highest BCUT2D eigenvalue weighted by atomic mass is 31.2. The first kappa shape index (κ1) is 106. The van der Waals surface area contributed by atoms with Gasteiger partial charge in [0.25, 0.3) is 0 Å². The monoisotopic (exact) mass is 1580 g/mol. The Morgan fingerprint density at radius 3 is 0.657 bits per heavy atom. The standard InChI is InChI=1S/C89H174O17P2/c1-8-12-13-14-15-16-17-18-19-20-21-22-23-24-28-31-34-37-40-49-56-63-70-86(91)99-76-84(105-88(93)72-65-58-51-41-38-35-32-29-26-25-27-30-33-36-39-46-53-60-67-80(5)9-2)78-103-107(95,96)101-74-83(90)75-102-108(97,98)104-79-85(106-89(94)73-66-59-52-45-43-48-55-62-69-82(7)11-4)77-100-87(92)71-64-57-50-44-42-47-54-61-68-81(6)10-3/h80-85,90H,8-79H2,1-7H3,(H,95,96)(H,97,98)/t80?,81?,82?,83-,84-,85-/m1/s1. The van der Waals surface area contributed by atoms with Crippen molar-refractivity contribution >= 4 is 39.5 Å². The second kappa shape index (κ2) is 78.9. The van der Waals surface area contributed by atoms with Crippen LogP contribution < -0.4 is 0 Å². The summed E-state index contributed by atoms with van der Waals surface area (Å²) in [5.74, 6) is 0.313. The molecule has 642 valence electrons. The van der Waals surface area contributed by atoms with Gasteiger partial charge in [0.1, 0.15) is 19.3 Å². The number of hydrogen-bond donors (Lipinski definition) is 3. The van der Waals surface area contributed by atoms with Gasteiger partial charge >= 0.3 is 39.5 Å². The second-order valence-electron chi connectivity index (χ2n) is 32.7. The lowest BCUT2D eigenvalue weighted by atomic mass is 9.99. The molecule has 0 aromatic carbocycles. The predicted molar refractivity (Wildman–Crippen MR) is 446 cm³/mol. The second-order valence-corrected chi connectivity index (χ2v) is 35.6. The Hall–Kier alpha value is -1.94. The number of aliphatic hydroxyl groups is 1. The van der Waals surface area contributed by atoms with Crippen molar-refractivity contribution in [2.45, 2.75) is 491 Å². The average Bonchev–Trinajstić information content (AvgIpc) is 0.901. The van der Waals surface area contributed by atoms with Crippen LogP contribution in [0.3, 0.4) is 0 Å². The van der Waals surface area contributed by atoms with Crippen molar-refractivity contribution < 1.29 is 80.2 Å². The molecule has 0 bridgehead atoms. The molecule has 0 aliphatic rings. The molecule has 0 heterocycles. The Balaban J connectivity index is 5.22. The van der Waals surface area contributed by atoms with Gasteiger partial charge in [-0.25, -0.2) is 9.13 Å². The van der Waals surface area contributed by atoms with Gasteiger partial charge in [0, 0.05) is 25.7 Å². The maximum Gasteiger partial charge on any atom is 0.472 e. The maximum absolute atomic E-state index is 13.2. The maximum atomic E-state index is 13.2. The number of esters is 4. The van der Waals surface area contributed by atoms with Gasteiger partial charge in [-0.15, -0.1) is 0 Å². The summed E-state index contributed by atoms with van der Waals surface area (Å²) in [6, 6.07) is 0. The number of carbonyl (C=O) groups is 4. The van der Waals surface area contributed by atoms with E-state index in [-0.39, 0.29) is 25.7 Å². The average molecular weight is 1580 g/mol. The molecule has 0 spiro atoms. The number of rotatable bonds is 87. The Bertz CT molecular complexity index is 2080. The largest absolute Gasteiger partial charge is 0.472 e. The molecule has 0 amide bonds. The minimum absolute atomic E-state index is 0.105. The zero-order valence-corrected chi connectivity index (χ0v) is 73.1. The number of unbranched alkanes of at least 4 members (excludes halogenated alkanes) is 52. The molecule has 0 aliphatic heterocycles. The van der Waals surface area contributed by atoms with Crippen LogP contribution in [0.15, 0.2) is 0 Å². The minimum atomic E-state index is -4.97. The normalized spacial score (nSPS) is 14.6. The van der Waals surface area contributed by atoms with Gasteiger partial charge in [0.2, 0.25) is 0 Å². The lowest BCUT2D eigenvalue weighted by molar-refractivity contribution is -0.161. The molecule has 0 rings (SSSR count). The summed E-state index contributed by atoms with van der Waals surface area (Å²) in [6.07, 6.45) is 70.9. The van der Waals surface area contributed by atoms with E-state index >= 15 is 0 Å². The fraction of sp³-hybridized carbons (Fsp3) is 0.955. The van der Waals surface area contributed by atoms with Crippen LogP contribution in [0.2, 0.25) is 0 Å². The van der Waals surface area contributed by atoms with Crippen LogP contribution in [-0.4, -0.2) is 96.7 Å². The van der Waals surface area contributed by atoms with E-state index in [1.54, 1.807) is 0 Å². The van der Waals surface area contributed by atoms with Gasteiger partial charge in [0.15, 0.2) is 12.2 Å². The number of carbonyl (C=O) groups excluding carboxylic acids is 4. The topological polar surface area (TPSA) is 237 Å². The fourth-order valence-electron chi connectivity index (χ4n) is 13.8. The van der Waals surface area contributed by atoms with Crippen LogP contribution in [0, 0.1) is 17.8 Å². The Labute approximate surface area is 664 Å². The molecule has 0 saturated carbocycles. The lowest BCUT2D eigenvalue weighted by Gasteiger charge is -2.21. The van der Waals surface area contributed by atoms with E-state index in [1.165, 1.54) is 283 Å². The Morgan fingerprint density at radius 1 is 0.259 bits per heavy atom. The molecular formula is C89H174O17P2. The summed E-state index contributed by atoms with van der Waals surface area (Å²) in [4.78, 5) is 73.3. The van der Waals surface area contributed by atoms with E-state index in [9.17, 15) is 43.2 Å². The van der Waals surface area contributed by atoms with E-state index in [0.717, 1.165) is 108 Å². The molecule has 0 aromatic rings. The van der Waals surface area contributed by atoms with E-state index in [1.807, 2.05) is 0 Å². The number of aliphatic hydroxyl groups excluding tert-OH is 1. The van der Waals surface area contributed by atoms with Gasteiger partial charge in [-0.05, 0) is 43.4 Å². The summed E-state index contributed by atoms with van der Waals surface area (Å²) >= 11 is 0. The predicted octanol–water partition coefficient (Wildman–Crippen LogP) is 27.3. The molecule has 0 aromatic heterocycles. The van der Waals surface area contributed by atoms with Crippen molar-refractivity contribution in [3.05, 3.63) is 0 Å². The first-order chi connectivity index (χ1) is 52.3. The number of phosphoric acid groups is 2. The van der Waals surface area contributed by atoms with Crippen molar-refractivity contribution in [3.63, 3.8) is 0 Å². The number of hydrogen-bond acceptors (Lipinski definition) is 15. The highest BCUT2D eigenvalue weighted by Crippen LogP contribution is 2.45. The number of phosphoric ester groups is 2. The Morgan fingerprint density at radius 2 is 0.444 bits per heavy atom. The lowest BCUT2D eigenvalue weighted by Crippen LogP contribution is -2.30. The van der Waals surface area contributed by atoms with Crippen LogP contribution in [-0.2, 0) is 65.4 Å². The van der Waals surface area contributed by atoms with Crippen LogP contribution >= 0.6 is 15.6 Å². The molecule has 0 radical (unpaired) electrons. The van der Waals surface area contributed by atoms with Crippen LogP contribution in [0.25, 0.3) is 0 Å². The highest BCUT2D eigenvalue weighted by Gasteiger charge is 2.31.